The molecule has 0 saturated carbocycles. The van der Waals surface area contributed by atoms with Gasteiger partial charge in [-0.1, -0.05) is 97.6 Å². The van der Waals surface area contributed by atoms with Crippen LogP contribution < -0.4 is 15.0 Å². The Hall–Kier alpha value is -4.82. The summed E-state index contributed by atoms with van der Waals surface area (Å²) in [6, 6.07) is 45.1. The van der Waals surface area contributed by atoms with E-state index < -0.39 is 0 Å². The highest BCUT2D eigenvalue weighted by atomic mass is 15.1. The quantitative estimate of drug-likeness (QED) is 0.237. The van der Waals surface area contributed by atoms with E-state index in [4.69, 9.17) is 0 Å². The average molecular weight is 477 g/mol. The van der Waals surface area contributed by atoms with Crippen molar-refractivity contribution in [3.8, 4) is 0 Å². The molecule has 0 spiro atoms. The third kappa shape index (κ3) is 4.03. The summed E-state index contributed by atoms with van der Waals surface area (Å²) in [5.41, 5.74) is 5.72. The average Bonchev–Trinajstić information content (AvgIpc) is 2.96. The maximum Gasteiger partial charge on any atom is 0.0546 e. The van der Waals surface area contributed by atoms with Crippen LogP contribution in [-0.2, 0) is 0 Å². The van der Waals surface area contributed by atoms with Crippen LogP contribution in [0.15, 0.2) is 140 Å². The van der Waals surface area contributed by atoms with Gasteiger partial charge >= 0.3 is 0 Å². The van der Waals surface area contributed by atoms with Gasteiger partial charge in [0.1, 0.15) is 0 Å². The van der Waals surface area contributed by atoms with Gasteiger partial charge in [0.15, 0.2) is 0 Å². The molecular weight excluding hydrogens is 448 g/mol. The van der Waals surface area contributed by atoms with Crippen molar-refractivity contribution in [1.82, 2.24) is 0 Å². The lowest BCUT2D eigenvalue weighted by Crippen LogP contribution is -2.15. The lowest BCUT2D eigenvalue weighted by molar-refractivity contribution is 1.22. The molecule has 0 amide bonds. The zero-order valence-electron chi connectivity index (χ0n) is 20.9. The van der Waals surface area contributed by atoms with Crippen LogP contribution in [-0.4, -0.2) is 7.05 Å². The molecule has 0 heterocycles. The second-order valence-electron chi connectivity index (χ2n) is 9.15. The van der Waals surface area contributed by atoms with Crippen LogP contribution in [0.5, 0.6) is 0 Å². The second kappa shape index (κ2) is 9.67. The maximum absolute atomic E-state index is 4.02. The topological polar surface area (TPSA) is 6.48 Å². The molecule has 6 rings (SSSR count). The molecule has 0 fully saturated rings. The maximum atomic E-state index is 4.02. The van der Waals surface area contributed by atoms with Crippen molar-refractivity contribution in [2.75, 3.05) is 16.8 Å². The molecule has 178 valence electrons. The Labute approximate surface area is 218 Å². The summed E-state index contributed by atoms with van der Waals surface area (Å²) < 4.78 is 0. The van der Waals surface area contributed by atoms with E-state index in [1.807, 2.05) is 6.08 Å². The lowest BCUT2D eigenvalue weighted by Gasteiger charge is -2.28. The lowest BCUT2D eigenvalue weighted by atomic mass is 9.95. The SMILES string of the molecule is C=CC=c1ccc2c(N(C)c3ccccc3)ccc3ccc(N(c4ccccc4)c4ccccc4)c1c32. The molecule has 0 radical (unpaired) electrons. The molecule has 6 aromatic carbocycles. The van der Waals surface area contributed by atoms with Gasteiger partial charge in [-0.2, -0.15) is 0 Å². The van der Waals surface area contributed by atoms with E-state index in [-0.39, 0.29) is 0 Å². The molecule has 2 heteroatoms. The van der Waals surface area contributed by atoms with Crippen LogP contribution in [0.3, 0.4) is 0 Å². The van der Waals surface area contributed by atoms with Crippen molar-refractivity contribution in [1.29, 1.82) is 0 Å². The summed E-state index contributed by atoms with van der Waals surface area (Å²) in [6.45, 7) is 4.02. The summed E-state index contributed by atoms with van der Waals surface area (Å²) in [7, 11) is 2.14. The number of benzene rings is 6. The van der Waals surface area contributed by atoms with E-state index in [0.29, 0.717) is 0 Å². The van der Waals surface area contributed by atoms with Crippen molar-refractivity contribution in [2.24, 2.45) is 0 Å². The van der Waals surface area contributed by atoms with Crippen molar-refractivity contribution < 1.29 is 0 Å². The zero-order valence-corrected chi connectivity index (χ0v) is 20.9. The largest absolute Gasteiger partial charge is 0.344 e. The van der Waals surface area contributed by atoms with Crippen molar-refractivity contribution in [2.45, 2.75) is 0 Å². The third-order valence-corrected chi connectivity index (χ3v) is 6.97. The van der Waals surface area contributed by atoms with Gasteiger partial charge < -0.3 is 9.80 Å². The van der Waals surface area contributed by atoms with Gasteiger partial charge in [-0.25, -0.2) is 0 Å². The van der Waals surface area contributed by atoms with Gasteiger partial charge in [0.2, 0.25) is 0 Å². The normalized spacial score (nSPS) is 11.6. The molecule has 0 atom stereocenters. The van der Waals surface area contributed by atoms with Gasteiger partial charge in [0, 0.05) is 46.0 Å². The molecule has 37 heavy (non-hydrogen) atoms. The molecular formula is C35H28N2. The van der Waals surface area contributed by atoms with Crippen LogP contribution in [0, 0.1) is 0 Å². The van der Waals surface area contributed by atoms with E-state index >= 15 is 0 Å². The first kappa shape index (κ1) is 22.6. The highest BCUT2D eigenvalue weighted by Crippen LogP contribution is 2.42. The first-order chi connectivity index (χ1) is 18.3. The standard InChI is InChI=1S/C35H28N2/c1-3-13-26-20-23-31-32(36(2)28-14-7-4-8-15-28)24-21-27-22-25-33(35(26)34(27)31)37(29-16-9-5-10-17-29)30-18-11-6-12-19-30/h3-25H,1H2,2H3. The molecule has 0 aromatic heterocycles. The first-order valence-corrected chi connectivity index (χ1v) is 12.6. The zero-order chi connectivity index (χ0) is 25.2. The monoisotopic (exact) mass is 476 g/mol. The molecule has 0 N–H and O–H groups in total. The second-order valence-corrected chi connectivity index (χ2v) is 9.15. The van der Waals surface area contributed by atoms with Crippen molar-refractivity contribution in [3.05, 3.63) is 145 Å². The molecule has 0 saturated heterocycles. The highest BCUT2D eigenvalue weighted by molar-refractivity contribution is 6.19. The van der Waals surface area contributed by atoms with Gasteiger partial charge in [-0.15, -0.1) is 0 Å². The minimum absolute atomic E-state index is 1.12. The van der Waals surface area contributed by atoms with Crippen molar-refractivity contribution in [3.63, 3.8) is 0 Å². The van der Waals surface area contributed by atoms with Crippen molar-refractivity contribution >= 4 is 56.1 Å². The fraction of sp³-hybridized carbons (Fsp3) is 0.0286. The van der Waals surface area contributed by atoms with Crippen LogP contribution in [0.1, 0.15) is 0 Å². The number of nitrogens with zero attached hydrogens (tertiary/aromatic N) is 2. The minimum Gasteiger partial charge on any atom is -0.344 e. The Morgan fingerprint density at radius 1 is 0.541 bits per heavy atom. The summed E-state index contributed by atoms with van der Waals surface area (Å²) in [4.78, 5) is 4.62. The van der Waals surface area contributed by atoms with Crippen LogP contribution in [0.2, 0.25) is 0 Å². The fourth-order valence-corrected chi connectivity index (χ4v) is 5.26. The van der Waals surface area contributed by atoms with E-state index in [0.717, 1.165) is 28.0 Å². The van der Waals surface area contributed by atoms with E-state index in [9.17, 15) is 0 Å². The number of anilines is 5. The molecule has 0 aliphatic heterocycles. The van der Waals surface area contributed by atoms with Crippen LogP contribution in [0.25, 0.3) is 27.6 Å². The Morgan fingerprint density at radius 2 is 1.08 bits per heavy atom. The molecule has 0 aliphatic carbocycles. The van der Waals surface area contributed by atoms with Gasteiger partial charge in [0.25, 0.3) is 0 Å². The van der Waals surface area contributed by atoms with Gasteiger partial charge in [0.05, 0.1) is 5.69 Å². The predicted molar refractivity (Wildman–Crippen MR) is 161 cm³/mol. The van der Waals surface area contributed by atoms with E-state index in [1.165, 1.54) is 27.2 Å². The van der Waals surface area contributed by atoms with Gasteiger partial charge in [-0.05, 0) is 59.1 Å². The molecule has 0 bridgehead atoms. The van der Waals surface area contributed by atoms with E-state index in [2.05, 4.69) is 157 Å². The molecule has 2 nitrogen and oxygen atoms in total. The number of allylic oxidation sites excluding steroid dienone is 1. The van der Waals surface area contributed by atoms with Crippen LogP contribution in [0.4, 0.5) is 28.4 Å². The Bertz CT molecular complexity index is 1700. The summed E-state index contributed by atoms with van der Waals surface area (Å²) in [5.74, 6) is 0. The number of para-hydroxylation sites is 3. The summed E-state index contributed by atoms with van der Waals surface area (Å²) in [6.07, 6.45) is 3.99. The number of hydrogen-bond donors (Lipinski definition) is 0. The highest BCUT2D eigenvalue weighted by Gasteiger charge is 2.19. The van der Waals surface area contributed by atoms with Gasteiger partial charge in [-0.3, -0.25) is 0 Å². The molecule has 0 aliphatic rings. The van der Waals surface area contributed by atoms with E-state index in [1.54, 1.807) is 0 Å². The summed E-state index contributed by atoms with van der Waals surface area (Å²) >= 11 is 0. The predicted octanol–water partition coefficient (Wildman–Crippen LogP) is 8.92. The minimum atomic E-state index is 1.12. The molecule has 6 aromatic rings. The molecule has 0 unspecified atom stereocenters. The Kier molecular flexibility index (Phi) is 5.92. The third-order valence-electron chi connectivity index (χ3n) is 6.97. The summed E-state index contributed by atoms with van der Waals surface area (Å²) in [5, 5.41) is 6.07. The first-order valence-electron chi connectivity index (χ1n) is 12.6. The Morgan fingerprint density at radius 3 is 1.65 bits per heavy atom. The Balaban J connectivity index is 1.70. The van der Waals surface area contributed by atoms with Crippen LogP contribution >= 0.6 is 0 Å². The smallest absolute Gasteiger partial charge is 0.0546 e. The fourth-order valence-electron chi connectivity index (χ4n) is 5.26. The number of rotatable bonds is 6. The number of hydrogen-bond acceptors (Lipinski definition) is 2.